The van der Waals surface area contributed by atoms with Gasteiger partial charge in [0.1, 0.15) is 0 Å². The monoisotopic (exact) mass is 297 g/mol. The Hall–Kier alpha value is 0.289. The molecule has 0 aromatic heterocycles. The number of rotatable bonds is 2. The van der Waals surface area contributed by atoms with E-state index >= 15 is 0 Å². The van der Waals surface area contributed by atoms with E-state index in [0.717, 1.165) is 11.8 Å². The fourth-order valence-electron chi connectivity index (χ4n) is 3.30. The normalized spacial score (nSPS) is 38.7. The zero-order valence-electron chi connectivity index (χ0n) is 9.05. The van der Waals surface area contributed by atoms with Gasteiger partial charge in [-0.25, -0.2) is 0 Å². The molecular formula is C12H19NSn. The van der Waals surface area contributed by atoms with Crippen molar-refractivity contribution in [2.24, 2.45) is 11.8 Å². The van der Waals surface area contributed by atoms with Crippen LogP contribution in [0.3, 0.4) is 0 Å². The molecule has 0 heterocycles. The molecule has 2 fully saturated rings. The molecule has 2 aliphatic carbocycles. The van der Waals surface area contributed by atoms with Crippen molar-refractivity contribution >= 4 is 21.1 Å². The minimum atomic E-state index is -0.405. The standard InChI is InChI=1S/C11H16N.CH3.Sn/c12-8-9-5-6-11(7-9)10-3-1-2-4-10;;/h10-11H,1-7H2;1H3;. The van der Waals surface area contributed by atoms with E-state index in [1.54, 1.807) is 0 Å². The summed E-state index contributed by atoms with van der Waals surface area (Å²) in [7, 11) is 0. The Balaban J connectivity index is 1.96. The van der Waals surface area contributed by atoms with Gasteiger partial charge in [-0.15, -0.1) is 0 Å². The van der Waals surface area contributed by atoms with Crippen molar-refractivity contribution in [1.82, 2.24) is 0 Å². The molecule has 2 aliphatic rings. The Bertz CT molecular complexity index is 239. The second-order valence-corrected chi connectivity index (χ2v) is 9.15. The van der Waals surface area contributed by atoms with E-state index in [1.165, 1.54) is 44.9 Å². The van der Waals surface area contributed by atoms with Crippen molar-refractivity contribution in [1.29, 1.82) is 5.26 Å². The minimum absolute atomic E-state index is 0.233. The van der Waals surface area contributed by atoms with Gasteiger partial charge in [-0.2, -0.15) is 0 Å². The van der Waals surface area contributed by atoms with Crippen LogP contribution in [0.4, 0.5) is 0 Å². The Kier molecular flexibility index (Phi) is 3.41. The second-order valence-electron chi connectivity index (χ2n) is 4.99. The molecule has 14 heavy (non-hydrogen) atoms. The van der Waals surface area contributed by atoms with Gasteiger partial charge < -0.3 is 0 Å². The Morgan fingerprint density at radius 3 is 2.43 bits per heavy atom. The molecule has 2 radical (unpaired) electrons. The number of hydrogen-bond donors (Lipinski definition) is 0. The van der Waals surface area contributed by atoms with Crippen LogP contribution in [0.25, 0.3) is 0 Å². The van der Waals surface area contributed by atoms with Crippen LogP contribution in [0.15, 0.2) is 0 Å². The van der Waals surface area contributed by atoms with Gasteiger partial charge in [-0.3, -0.25) is 0 Å². The van der Waals surface area contributed by atoms with Crippen LogP contribution in [0.1, 0.15) is 44.9 Å². The fraction of sp³-hybridized carbons (Fsp3) is 0.917. The maximum absolute atomic E-state index is 9.27. The molecule has 2 rings (SSSR count). The van der Waals surface area contributed by atoms with Crippen molar-refractivity contribution in [3.8, 4) is 6.07 Å². The molecule has 1 nitrogen and oxygen atoms in total. The summed E-state index contributed by atoms with van der Waals surface area (Å²) in [6, 6.07) is 2.66. The quantitative estimate of drug-likeness (QED) is 0.716. The zero-order valence-corrected chi connectivity index (χ0v) is 11.9. The Morgan fingerprint density at radius 1 is 1.21 bits per heavy atom. The Labute approximate surface area is 97.5 Å². The van der Waals surface area contributed by atoms with Crippen LogP contribution in [-0.4, -0.2) is 21.1 Å². The summed E-state index contributed by atoms with van der Waals surface area (Å²) < 4.78 is 0.233. The summed E-state index contributed by atoms with van der Waals surface area (Å²) in [5, 5.41) is 9.27. The van der Waals surface area contributed by atoms with E-state index < -0.39 is 21.1 Å². The molecule has 0 aromatic carbocycles. The third-order valence-electron chi connectivity index (χ3n) is 4.31. The van der Waals surface area contributed by atoms with Gasteiger partial charge in [-0.05, 0) is 0 Å². The van der Waals surface area contributed by atoms with Crippen LogP contribution in [0.5, 0.6) is 0 Å². The predicted molar refractivity (Wildman–Crippen MR) is 59.2 cm³/mol. The van der Waals surface area contributed by atoms with Gasteiger partial charge in [0.25, 0.3) is 0 Å². The van der Waals surface area contributed by atoms with E-state index in [2.05, 4.69) is 11.0 Å². The van der Waals surface area contributed by atoms with E-state index in [9.17, 15) is 5.26 Å². The summed E-state index contributed by atoms with van der Waals surface area (Å²) in [4.78, 5) is 2.35. The Morgan fingerprint density at radius 2 is 1.93 bits per heavy atom. The first-order valence-corrected chi connectivity index (χ1v) is 10.2. The summed E-state index contributed by atoms with van der Waals surface area (Å²) in [5.74, 6) is 1.93. The SMILES string of the molecule is [CH3][Sn][C]1(C#N)CCC(C2CCCC2)C1. The summed E-state index contributed by atoms with van der Waals surface area (Å²) in [5.41, 5.74) is 0. The van der Waals surface area contributed by atoms with Gasteiger partial charge in [-0.1, -0.05) is 0 Å². The van der Waals surface area contributed by atoms with Crippen molar-refractivity contribution in [3.63, 3.8) is 0 Å². The fourth-order valence-corrected chi connectivity index (χ4v) is 6.07. The van der Waals surface area contributed by atoms with E-state index in [4.69, 9.17) is 0 Å². The molecule has 2 unspecified atom stereocenters. The van der Waals surface area contributed by atoms with Crippen LogP contribution in [-0.2, 0) is 0 Å². The van der Waals surface area contributed by atoms with Gasteiger partial charge >= 0.3 is 97.6 Å². The molecule has 0 saturated heterocycles. The second kappa shape index (κ2) is 4.43. The average Bonchev–Trinajstić information content (AvgIpc) is 2.87. The van der Waals surface area contributed by atoms with E-state index in [-0.39, 0.29) is 3.43 Å². The summed E-state index contributed by atoms with van der Waals surface area (Å²) >= 11 is -0.405. The third-order valence-corrected chi connectivity index (χ3v) is 8.66. The number of nitriles is 1. The van der Waals surface area contributed by atoms with Gasteiger partial charge in [0.2, 0.25) is 0 Å². The molecule has 2 atom stereocenters. The van der Waals surface area contributed by atoms with Gasteiger partial charge in [0.15, 0.2) is 0 Å². The maximum atomic E-state index is 9.27. The molecule has 0 spiro atoms. The van der Waals surface area contributed by atoms with Crippen LogP contribution in [0, 0.1) is 23.2 Å². The average molecular weight is 296 g/mol. The van der Waals surface area contributed by atoms with Crippen LogP contribution < -0.4 is 0 Å². The molecule has 0 bridgehead atoms. The first-order chi connectivity index (χ1) is 6.79. The molecule has 2 saturated carbocycles. The van der Waals surface area contributed by atoms with Crippen molar-refractivity contribution in [2.75, 3.05) is 0 Å². The van der Waals surface area contributed by atoms with E-state index in [0.29, 0.717) is 0 Å². The van der Waals surface area contributed by atoms with Crippen LogP contribution in [0.2, 0.25) is 8.37 Å². The summed E-state index contributed by atoms with van der Waals surface area (Å²) in [6.45, 7) is 0. The molecular weight excluding hydrogens is 277 g/mol. The van der Waals surface area contributed by atoms with Crippen molar-refractivity contribution in [2.45, 2.75) is 53.3 Å². The molecule has 0 aliphatic heterocycles. The van der Waals surface area contributed by atoms with Crippen molar-refractivity contribution < 1.29 is 0 Å². The van der Waals surface area contributed by atoms with E-state index in [1.807, 2.05) is 0 Å². The molecule has 76 valence electrons. The first kappa shape index (κ1) is 10.8. The van der Waals surface area contributed by atoms with Gasteiger partial charge in [0.05, 0.1) is 0 Å². The van der Waals surface area contributed by atoms with Gasteiger partial charge in [0, 0.05) is 0 Å². The topological polar surface area (TPSA) is 23.8 Å². The molecule has 0 N–H and O–H groups in total. The predicted octanol–water partition coefficient (Wildman–Crippen LogP) is 3.41. The molecule has 0 amide bonds. The third kappa shape index (κ3) is 1.96. The molecule has 2 heteroatoms. The number of nitrogens with zero attached hydrogens (tertiary/aromatic N) is 1. The van der Waals surface area contributed by atoms with Crippen LogP contribution >= 0.6 is 0 Å². The van der Waals surface area contributed by atoms with Crippen molar-refractivity contribution in [3.05, 3.63) is 0 Å². The first-order valence-electron chi connectivity index (χ1n) is 5.90. The number of hydrogen-bond acceptors (Lipinski definition) is 1. The molecule has 0 aromatic rings. The zero-order chi connectivity index (χ0) is 10.0. The summed E-state index contributed by atoms with van der Waals surface area (Å²) in [6.07, 6.45) is 9.71.